The van der Waals surface area contributed by atoms with Crippen molar-refractivity contribution >= 4 is 5.91 Å². The summed E-state index contributed by atoms with van der Waals surface area (Å²) in [4.78, 5) is 16.2. The van der Waals surface area contributed by atoms with E-state index in [2.05, 4.69) is 10.3 Å². The lowest BCUT2D eigenvalue weighted by molar-refractivity contribution is -0.126. The third kappa shape index (κ3) is 3.67. The third-order valence-corrected chi connectivity index (χ3v) is 3.58. The highest BCUT2D eigenvalue weighted by atomic mass is 16.5. The smallest absolute Gasteiger partial charge is 0.223 e. The maximum Gasteiger partial charge on any atom is 0.223 e. The van der Waals surface area contributed by atoms with Crippen LogP contribution in [-0.4, -0.2) is 24.0 Å². The van der Waals surface area contributed by atoms with Gasteiger partial charge in [0, 0.05) is 30.3 Å². The fourth-order valence-corrected chi connectivity index (χ4v) is 2.53. The van der Waals surface area contributed by atoms with E-state index in [1.54, 1.807) is 13.3 Å². The van der Waals surface area contributed by atoms with Crippen molar-refractivity contribution in [2.45, 2.75) is 38.3 Å². The number of aromatic nitrogens is 1. The lowest BCUT2D eigenvalue weighted by Crippen LogP contribution is -2.37. The van der Waals surface area contributed by atoms with Crippen molar-refractivity contribution < 1.29 is 9.53 Å². The van der Waals surface area contributed by atoms with Crippen molar-refractivity contribution in [1.82, 2.24) is 10.3 Å². The van der Waals surface area contributed by atoms with E-state index in [0.29, 0.717) is 12.4 Å². The number of nitrogens with one attached hydrogen (secondary N) is 1. The second-order valence-electron chi connectivity index (χ2n) is 5.01. The summed E-state index contributed by atoms with van der Waals surface area (Å²) < 4.78 is 5.16. The molecule has 1 amide bonds. The quantitative estimate of drug-likeness (QED) is 0.856. The van der Waals surface area contributed by atoms with Crippen molar-refractivity contribution in [1.29, 1.82) is 0 Å². The van der Waals surface area contributed by atoms with Crippen LogP contribution in [0.2, 0.25) is 0 Å². The van der Waals surface area contributed by atoms with Crippen LogP contribution in [0.15, 0.2) is 18.3 Å². The number of carbonyl (C=O) groups is 1. The van der Waals surface area contributed by atoms with Gasteiger partial charge in [0.2, 0.25) is 11.8 Å². The Morgan fingerprint density at radius 1 is 1.58 bits per heavy atom. The van der Waals surface area contributed by atoms with Crippen LogP contribution in [0, 0.1) is 5.92 Å². The van der Waals surface area contributed by atoms with Crippen LogP contribution in [0.25, 0.3) is 0 Å². The minimum Gasteiger partial charge on any atom is -0.481 e. The molecule has 2 atom stereocenters. The second-order valence-corrected chi connectivity index (χ2v) is 5.01. The van der Waals surface area contributed by atoms with E-state index in [1.165, 1.54) is 0 Å². The molecule has 1 aromatic rings. The van der Waals surface area contributed by atoms with Crippen molar-refractivity contribution in [3.63, 3.8) is 0 Å². The molecular formula is C14H21N3O2. The maximum atomic E-state index is 12.1. The zero-order valence-electron chi connectivity index (χ0n) is 11.3. The molecule has 1 aliphatic rings. The van der Waals surface area contributed by atoms with E-state index in [9.17, 15) is 4.79 Å². The minimum absolute atomic E-state index is 0.0476. The minimum atomic E-state index is 0.0476. The van der Waals surface area contributed by atoms with E-state index >= 15 is 0 Å². The highest BCUT2D eigenvalue weighted by molar-refractivity contribution is 5.78. The van der Waals surface area contributed by atoms with Gasteiger partial charge in [-0.1, -0.05) is 12.5 Å². The summed E-state index contributed by atoms with van der Waals surface area (Å²) in [6.45, 7) is 0.446. The molecule has 0 radical (unpaired) electrons. The third-order valence-electron chi connectivity index (χ3n) is 3.58. The number of pyridine rings is 1. The van der Waals surface area contributed by atoms with Gasteiger partial charge >= 0.3 is 0 Å². The Morgan fingerprint density at radius 3 is 3.16 bits per heavy atom. The Morgan fingerprint density at radius 2 is 2.42 bits per heavy atom. The number of hydrogen-bond donors (Lipinski definition) is 2. The van der Waals surface area contributed by atoms with Crippen LogP contribution >= 0.6 is 0 Å². The first kappa shape index (κ1) is 13.8. The van der Waals surface area contributed by atoms with Crippen molar-refractivity contribution in [3.8, 4) is 5.88 Å². The SMILES string of the molecule is COc1ncccc1CNC(=O)C1CCCC(N)C1. The number of hydrogen-bond acceptors (Lipinski definition) is 4. The van der Waals surface area contributed by atoms with Gasteiger partial charge in [-0.3, -0.25) is 4.79 Å². The second kappa shape index (κ2) is 6.52. The number of nitrogens with zero attached hydrogens (tertiary/aromatic N) is 1. The van der Waals surface area contributed by atoms with Gasteiger partial charge < -0.3 is 15.8 Å². The van der Waals surface area contributed by atoms with E-state index in [4.69, 9.17) is 10.5 Å². The average molecular weight is 263 g/mol. The summed E-state index contributed by atoms with van der Waals surface area (Å²) in [5.41, 5.74) is 6.79. The van der Waals surface area contributed by atoms with E-state index in [-0.39, 0.29) is 17.9 Å². The number of amides is 1. The Balaban J connectivity index is 1.89. The zero-order chi connectivity index (χ0) is 13.7. The molecule has 2 rings (SSSR count). The van der Waals surface area contributed by atoms with Crippen LogP contribution in [0.5, 0.6) is 5.88 Å². The molecule has 19 heavy (non-hydrogen) atoms. The van der Waals surface area contributed by atoms with Crippen LogP contribution in [-0.2, 0) is 11.3 Å². The molecule has 5 nitrogen and oxygen atoms in total. The lowest BCUT2D eigenvalue weighted by atomic mass is 9.85. The number of nitrogens with two attached hydrogens (primary N) is 1. The van der Waals surface area contributed by atoms with Gasteiger partial charge in [0.25, 0.3) is 0 Å². The normalized spacial score (nSPS) is 22.8. The molecule has 0 bridgehead atoms. The molecular weight excluding hydrogens is 242 g/mol. The molecule has 3 N–H and O–H groups in total. The Bertz CT molecular complexity index is 436. The molecule has 1 fully saturated rings. The summed E-state index contributed by atoms with van der Waals surface area (Å²) in [5, 5.41) is 2.95. The number of ether oxygens (including phenoxy) is 1. The summed E-state index contributed by atoms with van der Waals surface area (Å²) in [5.74, 6) is 0.690. The molecule has 2 unspecified atom stereocenters. The van der Waals surface area contributed by atoms with E-state index < -0.39 is 0 Å². The standard InChI is InChI=1S/C14H21N3O2/c1-19-14-11(5-3-7-16-14)9-17-13(18)10-4-2-6-12(15)8-10/h3,5,7,10,12H,2,4,6,8-9,15H2,1H3,(H,17,18). The molecule has 0 spiro atoms. The first-order valence-corrected chi connectivity index (χ1v) is 6.72. The molecule has 1 saturated carbocycles. The highest BCUT2D eigenvalue weighted by Crippen LogP contribution is 2.23. The largest absolute Gasteiger partial charge is 0.481 e. The van der Waals surface area contributed by atoms with Gasteiger partial charge in [-0.05, 0) is 25.3 Å². The van der Waals surface area contributed by atoms with Crippen molar-refractivity contribution in [2.75, 3.05) is 7.11 Å². The molecule has 5 heteroatoms. The zero-order valence-corrected chi connectivity index (χ0v) is 11.3. The molecule has 0 saturated heterocycles. The van der Waals surface area contributed by atoms with Gasteiger partial charge in [-0.2, -0.15) is 0 Å². The van der Waals surface area contributed by atoms with Crippen molar-refractivity contribution in [2.24, 2.45) is 11.7 Å². The summed E-state index contributed by atoms with van der Waals surface area (Å²) in [7, 11) is 1.58. The summed E-state index contributed by atoms with van der Waals surface area (Å²) >= 11 is 0. The molecule has 1 aromatic heterocycles. The Kier molecular flexibility index (Phi) is 4.74. The van der Waals surface area contributed by atoms with E-state index in [1.807, 2.05) is 12.1 Å². The first-order chi connectivity index (χ1) is 9.20. The van der Waals surface area contributed by atoms with Crippen LogP contribution < -0.4 is 15.8 Å². The summed E-state index contributed by atoms with van der Waals surface area (Å²) in [6, 6.07) is 3.90. The molecule has 1 heterocycles. The topological polar surface area (TPSA) is 77.2 Å². The van der Waals surface area contributed by atoms with Crippen LogP contribution in [0.1, 0.15) is 31.2 Å². The Labute approximate surface area is 113 Å². The van der Waals surface area contributed by atoms with Gasteiger partial charge in [-0.25, -0.2) is 4.98 Å². The average Bonchev–Trinajstić information content (AvgIpc) is 2.45. The van der Waals surface area contributed by atoms with Crippen molar-refractivity contribution in [3.05, 3.63) is 23.9 Å². The van der Waals surface area contributed by atoms with Gasteiger partial charge in [-0.15, -0.1) is 0 Å². The van der Waals surface area contributed by atoms with Gasteiger partial charge in [0.1, 0.15) is 0 Å². The molecule has 0 aromatic carbocycles. The maximum absolute atomic E-state index is 12.1. The number of methoxy groups -OCH3 is 1. The molecule has 0 aliphatic heterocycles. The predicted octanol–water partition coefficient (Wildman–Crippen LogP) is 1.22. The number of carbonyl (C=O) groups excluding carboxylic acids is 1. The number of rotatable bonds is 4. The summed E-state index contributed by atoms with van der Waals surface area (Å²) in [6.07, 6.45) is 5.46. The fourth-order valence-electron chi connectivity index (χ4n) is 2.53. The lowest BCUT2D eigenvalue weighted by Gasteiger charge is -2.25. The highest BCUT2D eigenvalue weighted by Gasteiger charge is 2.25. The molecule has 104 valence electrons. The predicted molar refractivity (Wildman–Crippen MR) is 72.6 cm³/mol. The van der Waals surface area contributed by atoms with E-state index in [0.717, 1.165) is 31.2 Å². The monoisotopic (exact) mass is 263 g/mol. The van der Waals surface area contributed by atoms with Crippen LogP contribution in [0.3, 0.4) is 0 Å². The van der Waals surface area contributed by atoms with Gasteiger partial charge in [0.15, 0.2) is 0 Å². The fraction of sp³-hybridized carbons (Fsp3) is 0.571. The first-order valence-electron chi connectivity index (χ1n) is 6.72. The van der Waals surface area contributed by atoms with Gasteiger partial charge in [0.05, 0.1) is 7.11 Å². The van der Waals surface area contributed by atoms with Crippen LogP contribution in [0.4, 0.5) is 0 Å². The Hall–Kier alpha value is -1.62. The molecule has 1 aliphatic carbocycles.